The van der Waals surface area contributed by atoms with Crippen LogP contribution in [-0.4, -0.2) is 56.2 Å². The normalized spacial score (nSPS) is 22.8. The Morgan fingerprint density at radius 2 is 1.63 bits per heavy atom. The molecular weight excluding hydrogens is 366 g/mol. The van der Waals surface area contributed by atoms with Crippen molar-refractivity contribution < 1.29 is 17.9 Å². The maximum atomic E-state index is 13.0. The Balaban J connectivity index is 1.63. The average Bonchev–Trinajstić information content (AvgIpc) is 2.99. The van der Waals surface area contributed by atoms with Crippen molar-refractivity contribution in [3.63, 3.8) is 0 Å². The Morgan fingerprint density at radius 3 is 2.26 bits per heavy atom. The minimum Gasteiger partial charge on any atom is -0.497 e. The second kappa shape index (κ2) is 9.03. The molecule has 1 aromatic carbocycles. The summed E-state index contributed by atoms with van der Waals surface area (Å²) in [5.74, 6) is 0.263. The Hall–Kier alpha value is -1.64. The van der Waals surface area contributed by atoms with Crippen LogP contribution in [0.4, 0.5) is 5.69 Å². The zero-order valence-corrected chi connectivity index (χ0v) is 16.7. The van der Waals surface area contributed by atoms with Crippen LogP contribution >= 0.6 is 0 Å². The molecule has 1 unspecified atom stereocenters. The molecule has 150 valence electrons. The number of benzene rings is 1. The molecule has 1 aromatic rings. The van der Waals surface area contributed by atoms with Gasteiger partial charge in [0.15, 0.2) is 0 Å². The van der Waals surface area contributed by atoms with E-state index in [-0.39, 0.29) is 18.4 Å². The van der Waals surface area contributed by atoms with E-state index in [9.17, 15) is 13.2 Å². The van der Waals surface area contributed by atoms with Gasteiger partial charge in [-0.15, -0.1) is 0 Å². The molecule has 0 saturated carbocycles. The minimum atomic E-state index is -3.49. The van der Waals surface area contributed by atoms with E-state index in [0.29, 0.717) is 38.2 Å². The molecule has 2 aliphatic rings. The summed E-state index contributed by atoms with van der Waals surface area (Å²) in [6.07, 6.45) is 5.39. The number of piperidine rings is 1. The lowest BCUT2D eigenvalue weighted by molar-refractivity contribution is -0.120. The number of ether oxygens (including phenoxy) is 1. The summed E-state index contributed by atoms with van der Waals surface area (Å²) in [4.78, 5) is 12.6. The second-order valence-electron chi connectivity index (χ2n) is 7.24. The first kappa shape index (κ1) is 20.1. The Bertz CT molecular complexity index is 728. The van der Waals surface area contributed by atoms with Crippen molar-refractivity contribution >= 4 is 21.8 Å². The van der Waals surface area contributed by atoms with E-state index in [1.807, 2.05) is 0 Å². The molecule has 8 heteroatoms. The topological polar surface area (TPSA) is 79.0 Å². The highest BCUT2D eigenvalue weighted by atomic mass is 32.2. The van der Waals surface area contributed by atoms with E-state index >= 15 is 0 Å². The number of hydrogen-bond donors (Lipinski definition) is 1. The van der Waals surface area contributed by atoms with Crippen LogP contribution in [0.15, 0.2) is 24.3 Å². The molecule has 27 heavy (non-hydrogen) atoms. The molecule has 0 bridgehead atoms. The summed E-state index contributed by atoms with van der Waals surface area (Å²) in [6.45, 7) is 1.91. The zero-order chi connectivity index (χ0) is 19.3. The molecule has 2 saturated heterocycles. The lowest BCUT2D eigenvalue weighted by Crippen LogP contribution is -2.50. The Morgan fingerprint density at radius 1 is 1.00 bits per heavy atom. The number of methoxy groups -OCH3 is 1. The van der Waals surface area contributed by atoms with Crippen molar-refractivity contribution in [1.82, 2.24) is 8.61 Å². The van der Waals surface area contributed by atoms with Crippen molar-refractivity contribution in [1.29, 1.82) is 0 Å². The number of hydrogen-bond acceptors (Lipinski definition) is 4. The number of amides is 1. The van der Waals surface area contributed by atoms with Gasteiger partial charge >= 0.3 is 0 Å². The molecule has 0 aliphatic carbocycles. The average molecular weight is 396 g/mol. The third-order valence-electron chi connectivity index (χ3n) is 5.33. The standard InChI is InChI=1S/C19H29N3O4S/c1-26-18-10-8-17(9-11-18)20-19(23)16-7-6-14-22(15-16)27(24,25)21-12-4-2-3-5-13-21/h8-11,16H,2-7,12-15H2,1H3,(H,20,23). The van der Waals surface area contributed by atoms with Crippen molar-refractivity contribution in [3.8, 4) is 5.75 Å². The summed E-state index contributed by atoms with van der Waals surface area (Å²) in [6, 6.07) is 7.13. The van der Waals surface area contributed by atoms with E-state index in [2.05, 4.69) is 5.32 Å². The zero-order valence-electron chi connectivity index (χ0n) is 15.9. The summed E-state index contributed by atoms with van der Waals surface area (Å²) >= 11 is 0. The quantitative estimate of drug-likeness (QED) is 0.831. The first-order valence-electron chi connectivity index (χ1n) is 9.71. The third-order valence-corrected chi connectivity index (χ3v) is 7.33. The molecule has 0 radical (unpaired) electrons. The van der Waals surface area contributed by atoms with Crippen LogP contribution in [0.5, 0.6) is 5.75 Å². The lowest BCUT2D eigenvalue weighted by Gasteiger charge is -2.34. The van der Waals surface area contributed by atoms with E-state index < -0.39 is 10.2 Å². The fourth-order valence-electron chi connectivity index (χ4n) is 3.72. The van der Waals surface area contributed by atoms with Gasteiger partial charge in [-0.05, 0) is 49.9 Å². The van der Waals surface area contributed by atoms with Crippen LogP contribution < -0.4 is 10.1 Å². The summed E-state index contributed by atoms with van der Waals surface area (Å²) in [5.41, 5.74) is 0.688. The minimum absolute atomic E-state index is 0.129. The molecule has 1 amide bonds. The van der Waals surface area contributed by atoms with Gasteiger partial charge in [0, 0.05) is 31.9 Å². The monoisotopic (exact) mass is 395 g/mol. The molecule has 3 rings (SSSR count). The van der Waals surface area contributed by atoms with Gasteiger partial charge in [0.1, 0.15) is 5.75 Å². The molecule has 7 nitrogen and oxygen atoms in total. The van der Waals surface area contributed by atoms with E-state index in [4.69, 9.17) is 4.74 Å². The number of rotatable bonds is 5. The highest BCUT2D eigenvalue weighted by Crippen LogP contribution is 2.24. The van der Waals surface area contributed by atoms with Crippen molar-refractivity contribution in [2.75, 3.05) is 38.6 Å². The van der Waals surface area contributed by atoms with Gasteiger partial charge in [0.2, 0.25) is 5.91 Å². The van der Waals surface area contributed by atoms with Gasteiger partial charge in [-0.25, -0.2) is 0 Å². The van der Waals surface area contributed by atoms with Gasteiger partial charge < -0.3 is 10.1 Å². The fourth-order valence-corrected chi connectivity index (χ4v) is 5.49. The number of nitrogens with zero attached hydrogens (tertiary/aromatic N) is 2. The smallest absolute Gasteiger partial charge is 0.281 e. The molecule has 0 spiro atoms. The van der Waals surface area contributed by atoms with Gasteiger partial charge in [-0.2, -0.15) is 17.0 Å². The number of anilines is 1. The van der Waals surface area contributed by atoms with Gasteiger partial charge in [-0.1, -0.05) is 12.8 Å². The molecule has 0 aromatic heterocycles. The summed E-state index contributed by atoms with van der Waals surface area (Å²) < 4.78 is 34.2. The van der Waals surface area contributed by atoms with E-state index in [1.165, 1.54) is 4.31 Å². The third kappa shape index (κ3) is 5.00. The summed E-state index contributed by atoms with van der Waals surface area (Å²) in [5, 5.41) is 2.89. The fraction of sp³-hybridized carbons (Fsp3) is 0.632. The molecule has 1 N–H and O–H groups in total. The molecule has 2 aliphatic heterocycles. The maximum Gasteiger partial charge on any atom is 0.281 e. The van der Waals surface area contributed by atoms with Crippen molar-refractivity contribution in [2.45, 2.75) is 38.5 Å². The van der Waals surface area contributed by atoms with Crippen molar-refractivity contribution in [3.05, 3.63) is 24.3 Å². The van der Waals surface area contributed by atoms with Gasteiger partial charge in [-0.3, -0.25) is 4.79 Å². The maximum absolute atomic E-state index is 13.0. The lowest BCUT2D eigenvalue weighted by atomic mass is 9.99. The Kier molecular flexibility index (Phi) is 6.73. The van der Waals surface area contributed by atoms with Crippen LogP contribution in [0.25, 0.3) is 0 Å². The Labute approximate surface area is 161 Å². The highest BCUT2D eigenvalue weighted by molar-refractivity contribution is 7.86. The number of carbonyl (C=O) groups is 1. The van der Waals surface area contributed by atoms with Gasteiger partial charge in [0.25, 0.3) is 10.2 Å². The van der Waals surface area contributed by atoms with Crippen molar-refractivity contribution in [2.24, 2.45) is 5.92 Å². The highest BCUT2D eigenvalue weighted by Gasteiger charge is 2.36. The van der Waals surface area contributed by atoms with Crippen LogP contribution in [0, 0.1) is 5.92 Å². The van der Waals surface area contributed by atoms with Crippen LogP contribution in [-0.2, 0) is 15.0 Å². The van der Waals surface area contributed by atoms with E-state index in [1.54, 1.807) is 35.7 Å². The number of nitrogens with one attached hydrogen (secondary N) is 1. The second-order valence-corrected chi connectivity index (χ2v) is 9.16. The van der Waals surface area contributed by atoms with Crippen LogP contribution in [0.2, 0.25) is 0 Å². The molecule has 2 fully saturated rings. The SMILES string of the molecule is COc1ccc(NC(=O)C2CCCN(S(=O)(=O)N3CCCCCC3)C2)cc1. The predicted octanol–water partition coefficient (Wildman–Crippen LogP) is 2.47. The van der Waals surface area contributed by atoms with Crippen LogP contribution in [0.1, 0.15) is 38.5 Å². The van der Waals surface area contributed by atoms with Crippen LogP contribution in [0.3, 0.4) is 0 Å². The van der Waals surface area contributed by atoms with Gasteiger partial charge in [0.05, 0.1) is 13.0 Å². The molecular formula is C19H29N3O4S. The number of carbonyl (C=O) groups excluding carboxylic acids is 1. The van der Waals surface area contributed by atoms with E-state index in [0.717, 1.165) is 31.4 Å². The predicted molar refractivity (Wildman–Crippen MR) is 105 cm³/mol. The first-order chi connectivity index (χ1) is 13.0. The largest absolute Gasteiger partial charge is 0.497 e. The molecule has 2 heterocycles. The first-order valence-corrected chi connectivity index (χ1v) is 11.1. The molecule has 1 atom stereocenters. The summed E-state index contributed by atoms with van der Waals surface area (Å²) in [7, 11) is -1.89.